The number of nitrogens with one attached hydrogen (secondary N) is 2. The van der Waals surface area contributed by atoms with Gasteiger partial charge < -0.3 is 10.6 Å². The van der Waals surface area contributed by atoms with Gasteiger partial charge in [0.25, 0.3) is 11.8 Å². The minimum absolute atomic E-state index is 0.0760. The van der Waals surface area contributed by atoms with Gasteiger partial charge in [-0.25, -0.2) is 9.97 Å². The fourth-order valence-electron chi connectivity index (χ4n) is 2.15. The van der Waals surface area contributed by atoms with Crippen molar-refractivity contribution in [2.24, 2.45) is 0 Å². The van der Waals surface area contributed by atoms with Crippen molar-refractivity contribution in [2.75, 3.05) is 12.4 Å². The predicted octanol–water partition coefficient (Wildman–Crippen LogP) is 3.17. The van der Waals surface area contributed by atoms with Crippen molar-refractivity contribution in [3.63, 3.8) is 0 Å². The Balaban J connectivity index is 2.34. The Labute approximate surface area is 145 Å². The number of benzene rings is 1. The molecule has 0 aliphatic rings. The molecule has 0 bridgehead atoms. The van der Waals surface area contributed by atoms with E-state index in [0.29, 0.717) is 22.6 Å². The van der Waals surface area contributed by atoms with Gasteiger partial charge in [0.2, 0.25) is 0 Å². The number of nitrogens with zero attached hydrogens (tertiary/aromatic N) is 2. The van der Waals surface area contributed by atoms with Crippen molar-refractivity contribution in [1.82, 2.24) is 15.3 Å². The van der Waals surface area contributed by atoms with Crippen LogP contribution in [0.2, 0.25) is 5.02 Å². The minimum Gasteiger partial charge on any atom is -0.355 e. The molecule has 6 nitrogen and oxygen atoms in total. The molecule has 2 rings (SSSR count). The van der Waals surface area contributed by atoms with E-state index < -0.39 is 5.91 Å². The molecule has 0 unspecified atom stereocenters. The second kappa shape index (κ2) is 7.40. The van der Waals surface area contributed by atoms with Crippen LogP contribution in [0.1, 0.15) is 52.0 Å². The lowest BCUT2D eigenvalue weighted by molar-refractivity contribution is 0.0960. The summed E-state index contributed by atoms with van der Waals surface area (Å²) in [7, 11) is 1.56. The van der Waals surface area contributed by atoms with Crippen molar-refractivity contribution in [3.8, 4) is 0 Å². The van der Waals surface area contributed by atoms with Crippen LogP contribution in [0.4, 0.5) is 5.69 Å². The Kier molecular flexibility index (Phi) is 5.51. The number of hydrogen-bond donors (Lipinski definition) is 2. The zero-order valence-corrected chi connectivity index (χ0v) is 14.7. The highest BCUT2D eigenvalue weighted by Gasteiger charge is 2.18. The zero-order valence-electron chi connectivity index (χ0n) is 14.0. The number of hydrogen-bond acceptors (Lipinski definition) is 4. The molecular formula is C17H19ClN4O2. The van der Waals surface area contributed by atoms with Crippen LogP contribution >= 0.6 is 11.6 Å². The first-order chi connectivity index (χ1) is 11.3. The molecule has 2 amide bonds. The normalized spacial score (nSPS) is 10.6. The summed E-state index contributed by atoms with van der Waals surface area (Å²) in [6.07, 6.45) is 1.42. The molecule has 0 aliphatic heterocycles. The molecule has 0 fully saturated rings. The van der Waals surface area contributed by atoms with Gasteiger partial charge in [0.1, 0.15) is 5.82 Å². The van der Waals surface area contributed by atoms with E-state index >= 15 is 0 Å². The highest BCUT2D eigenvalue weighted by molar-refractivity contribution is 6.34. The van der Waals surface area contributed by atoms with E-state index in [1.54, 1.807) is 32.2 Å². The van der Waals surface area contributed by atoms with Gasteiger partial charge in [0, 0.05) is 24.2 Å². The predicted molar refractivity (Wildman–Crippen MR) is 93.7 cm³/mol. The molecule has 0 saturated heterocycles. The van der Waals surface area contributed by atoms with Gasteiger partial charge >= 0.3 is 0 Å². The summed E-state index contributed by atoms with van der Waals surface area (Å²) < 4.78 is 0. The third-order valence-electron chi connectivity index (χ3n) is 3.55. The van der Waals surface area contributed by atoms with Gasteiger partial charge in [0.15, 0.2) is 5.69 Å². The summed E-state index contributed by atoms with van der Waals surface area (Å²) in [5.74, 6) is -0.0419. The third kappa shape index (κ3) is 3.71. The van der Waals surface area contributed by atoms with Gasteiger partial charge in [0.05, 0.1) is 11.2 Å². The Morgan fingerprint density at radius 2 is 1.92 bits per heavy atom. The molecular weight excluding hydrogens is 328 g/mol. The molecule has 0 saturated carbocycles. The Morgan fingerprint density at radius 3 is 2.54 bits per heavy atom. The summed E-state index contributed by atoms with van der Waals surface area (Å²) in [6, 6.07) is 5.12. The van der Waals surface area contributed by atoms with Gasteiger partial charge in [-0.1, -0.05) is 31.5 Å². The number of carbonyl (C=O) groups excluding carboxylic acids is 2. The lowest BCUT2D eigenvalue weighted by Crippen LogP contribution is -2.21. The van der Waals surface area contributed by atoms with E-state index in [0.717, 1.165) is 0 Å². The van der Waals surface area contributed by atoms with Crippen LogP contribution in [0.15, 0.2) is 24.4 Å². The molecule has 126 valence electrons. The summed E-state index contributed by atoms with van der Waals surface area (Å²) >= 11 is 6.06. The number of anilines is 1. The van der Waals surface area contributed by atoms with Crippen LogP contribution in [0.25, 0.3) is 0 Å². The molecule has 7 heteroatoms. The fraction of sp³-hybridized carbons (Fsp3) is 0.294. The van der Waals surface area contributed by atoms with Crippen molar-refractivity contribution in [3.05, 3.63) is 52.1 Å². The lowest BCUT2D eigenvalue weighted by atomic mass is 10.1. The van der Waals surface area contributed by atoms with Crippen LogP contribution < -0.4 is 10.6 Å². The van der Waals surface area contributed by atoms with Crippen LogP contribution in [-0.4, -0.2) is 28.8 Å². The van der Waals surface area contributed by atoms with Crippen LogP contribution in [0.3, 0.4) is 0 Å². The SMILES string of the molecule is CNC(=O)c1cccc(NC(=O)c2nc(C(C)C)ncc2Cl)c1C. The molecule has 0 radical (unpaired) electrons. The molecule has 1 aromatic carbocycles. The molecule has 0 aliphatic carbocycles. The number of rotatable bonds is 4. The molecule has 2 aromatic rings. The molecule has 24 heavy (non-hydrogen) atoms. The summed E-state index contributed by atoms with van der Waals surface area (Å²) in [4.78, 5) is 32.7. The molecule has 0 spiro atoms. The standard InChI is InChI=1S/C17H19ClN4O2/c1-9(2)15-20-8-12(18)14(22-15)17(24)21-13-7-5-6-11(10(13)3)16(23)19-4/h5-9H,1-4H3,(H,19,23)(H,21,24). The first kappa shape index (κ1) is 17.9. The molecule has 1 heterocycles. The average molecular weight is 347 g/mol. The Bertz CT molecular complexity index is 790. The van der Waals surface area contributed by atoms with E-state index in [2.05, 4.69) is 20.6 Å². The van der Waals surface area contributed by atoms with Gasteiger partial charge in [-0.05, 0) is 24.6 Å². The quantitative estimate of drug-likeness (QED) is 0.890. The van der Waals surface area contributed by atoms with E-state index in [-0.39, 0.29) is 22.5 Å². The fourth-order valence-corrected chi connectivity index (χ4v) is 2.33. The van der Waals surface area contributed by atoms with Crippen molar-refractivity contribution >= 4 is 29.1 Å². The maximum atomic E-state index is 12.5. The third-order valence-corrected chi connectivity index (χ3v) is 3.82. The van der Waals surface area contributed by atoms with E-state index in [1.165, 1.54) is 6.20 Å². The maximum Gasteiger partial charge on any atom is 0.275 e. The first-order valence-corrected chi connectivity index (χ1v) is 7.88. The smallest absolute Gasteiger partial charge is 0.275 e. The topological polar surface area (TPSA) is 84.0 Å². The second-order valence-corrected chi connectivity index (χ2v) is 6.00. The largest absolute Gasteiger partial charge is 0.355 e. The van der Waals surface area contributed by atoms with Gasteiger partial charge in [-0.15, -0.1) is 0 Å². The number of halogens is 1. The van der Waals surface area contributed by atoms with Crippen molar-refractivity contribution in [1.29, 1.82) is 0 Å². The van der Waals surface area contributed by atoms with Crippen molar-refractivity contribution in [2.45, 2.75) is 26.7 Å². The van der Waals surface area contributed by atoms with Crippen LogP contribution in [-0.2, 0) is 0 Å². The summed E-state index contributed by atoms with van der Waals surface area (Å²) in [5.41, 5.74) is 1.80. The van der Waals surface area contributed by atoms with Crippen molar-refractivity contribution < 1.29 is 9.59 Å². The van der Waals surface area contributed by atoms with Crippen LogP contribution in [0.5, 0.6) is 0 Å². The number of aromatic nitrogens is 2. The Hall–Kier alpha value is -2.47. The summed E-state index contributed by atoms with van der Waals surface area (Å²) in [6.45, 7) is 5.63. The second-order valence-electron chi connectivity index (χ2n) is 5.59. The molecule has 0 atom stereocenters. The first-order valence-electron chi connectivity index (χ1n) is 7.50. The maximum absolute atomic E-state index is 12.5. The minimum atomic E-state index is -0.443. The lowest BCUT2D eigenvalue weighted by Gasteiger charge is -2.13. The monoisotopic (exact) mass is 346 g/mol. The Morgan fingerprint density at radius 1 is 1.21 bits per heavy atom. The molecule has 1 aromatic heterocycles. The highest BCUT2D eigenvalue weighted by atomic mass is 35.5. The molecule has 2 N–H and O–H groups in total. The van der Waals surface area contributed by atoms with Gasteiger partial charge in [-0.3, -0.25) is 9.59 Å². The van der Waals surface area contributed by atoms with E-state index in [1.807, 2.05) is 13.8 Å². The van der Waals surface area contributed by atoms with Crippen LogP contribution in [0, 0.1) is 6.92 Å². The highest BCUT2D eigenvalue weighted by Crippen LogP contribution is 2.22. The average Bonchev–Trinajstić information content (AvgIpc) is 2.56. The van der Waals surface area contributed by atoms with E-state index in [4.69, 9.17) is 11.6 Å². The van der Waals surface area contributed by atoms with Gasteiger partial charge in [-0.2, -0.15) is 0 Å². The number of amides is 2. The zero-order chi connectivity index (χ0) is 17.9. The number of carbonyl (C=O) groups is 2. The van der Waals surface area contributed by atoms with E-state index in [9.17, 15) is 9.59 Å². The summed E-state index contributed by atoms with van der Waals surface area (Å²) in [5, 5.41) is 5.51.